The number of aromatic nitrogens is 2. The highest BCUT2D eigenvalue weighted by atomic mass is 16.2. The van der Waals surface area contributed by atoms with Gasteiger partial charge in [0.25, 0.3) is 5.91 Å². The number of hydrogen-bond donors (Lipinski definition) is 3. The Balaban J connectivity index is 1.63. The molecule has 2 fully saturated rings. The Hall–Kier alpha value is -1.36. The summed E-state index contributed by atoms with van der Waals surface area (Å²) in [5.41, 5.74) is 1.48. The van der Waals surface area contributed by atoms with E-state index in [2.05, 4.69) is 41.6 Å². The van der Waals surface area contributed by atoms with Gasteiger partial charge in [0, 0.05) is 29.2 Å². The molecule has 1 aromatic heterocycles. The van der Waals surface area contributed by atoms with Gasteiger partial charge in [0.1, 0.15) is 5.69 Å². The standard InChI is InChI=1S/C15H24N4O/c1-15(2,3)13-8-12(18-19-13)14(20)17-11-6-9-4-5-10(7-11)16-9/h8-11,16H,4-7H2,1-3H3,(H,17,20)(H,18,19). The number of aromatic amines is 1. The molecule has 2 atom stereocenters. The fourth-order valence-electron chi connectivity index (χ4n) is 3.26. The monoisotopic (exact) mass is 276 g/mol. The van der Waals surface area contributed by atoms with Crippen molar-refractivity contribution in [3.05, 3.63) is 17.5 Å². The Morgan fingerprint density at radius 1 is 1.30 bits per heavy atom. The van der Waals surface area contributed by atoms with Crippen molar-refractivity contribution in [1.29, 1.82) is 0 Å². The van der Waals surface area contributed by atoms with Crippen LogP contribution >= 0.6 is 0 Å². The van der Waals surface area contributed by atoms with Crippen LogP contribution in [0.15, 0.2) is 6.07 Å². The maximum atomic E-state index is 12.3. The molecule has 1 amide bonds. The normalized spacial score (nSPS) is 29.4. The van der Waals surface area contributed by atoms with Crippen LogP contribution in [0.25, 0.3) is 0 Å². The Morgan fingerprint density at radius 3 is 2.50 bits per heavy atom. The van der Waals surface area contributed by atoms with Gasteiger partial charge in [-0.3, -0.25) is 9.89 Å². The summed E-state index contributed by atoms with van der Waals surface area (Å²) in [5.74, 6) is -0.0527. The van der Waals surface area contributed by atoms with Crippen molar-refractivity contribution in [2.75, 3.05) is 0 Å². The van der Waals surface area contributed by atoms with Crippen molar-refractivity contribution in [3.63, 3.8) is 0 Å². The van der Waals surface area contributed by atoms with Gasteiger partial charge >= 0.3 is 0 Å². The first kappa shape index (κ1) is 13.6. The summed E-state index contributed by atoms with van der Waals surface area (Å²) in [5, 5.41) is 13.8. The molecule has 2 aliphatic heterocycles. The van der Waals surface area contributed by atoms with Crippen LogP contribution in [0.3, 0.4) is 0 Å². The minimum absolute atomic E-state index is 0.0145. The van der Waals surface area contributed by atoms with Crippen LogP contribution in [-0.2, 0) is 5.41 Å². The van der Waals surface area contributed by atoms with Gasteiger partial charge in [-0.15, -0.1) is 0 Å². The summed E-state index contributed by atoms with van der Waals surface area (Å²) in [6, 6.07) is 3.33. The molecule has 3 heterocycles. The van der Waals surface area contributed by atoms with E-state index in [1.165, 1.54) is 12.8 Å². The van der Waals surface area contributed by atoms with Gasteiger partial charge in [0.2, 0.25) is 0 Å². The lowest BCUT2D eigenvalue weighted by Gasteiger charge is -2.29. The van der Waals surface area contributed by atoms with Gasteiger partial charge in [-0.05, 0) is 31.7 Å². The number of nitrogens with one attached hydrogen (secondary N) is 3. The first-order valence-electron chi connectivity index (χ1n) is 7.54. The molecule has 5 nitrogen and oxygen atoms in total. The molecule has 5 heteroatoms. The average molecular weight is 276 g/mol. The predicted octanol–water partition coefficient (Wildman–Crippen LogP) is 1.72. The zero-order chi connectivity index (χ0) is 14.3. The Bertz CT molecular complexity index is 490. The van der Waals surface area contributed by atoms with E-state index in [1.54, 1.807) is 0 Å². The Morgan fingerprint density at radius 2 is 1.95 bits per heavy atom. The van der Waals surface area contributed by atoms with E-state index in [0.717, 1.165) is 18.5 Å². The maximum absolute atomic E-state index is 12.3. The molecular formula is C15H24N4O. The molecule has 20 heavy (non-hydrogen) atoms. The van der Waals surface area contributed by atoms with E-state index >= 15 is 0 Å². The summed E-state index contributed by atoms with van der Waals surface area (Å²) in [6.07, 6.45) is 4.57. The van der Waals surface area contributed by atoms with Crippen LogP contribution in [0.1, 0.15) is 62.6 Å². The minimum Gasteiger partial charge on any atom is -0.348 e. The highest BCUT2D eigenvalue weighted by molar-refractivity contribution is 5.92. The number of piperidine rings is 1. The van der Waals surface area contributed by atoms with Crippen LogP contribution in [0, 0.1) is 0 Å². The average Bonchev–Trinajstić information content (AvgIpc) is 2.96. The SMILES string of the molecule is CC(C)(C)c1cc(C(=O)NC2CC3CCC(C2)N3)n[nH]1. The highest BCUT2D eigenvalue weighted by Crippen LogP contribution is 2.27. The number of H-pyrrole nitrogens is 1. The van der Waals surface area contributed by atoms with Crippen molar-refractivity contribution in [3.8, 4) is 0 Å². The summed E-state index contributed by atoms with van der Waals surface area (Å²) in [6.45, 7) is 6.31. The maximum Gasteiger partial charge on any atom is 0.271 e. The summed E-state index contributed by atoms with van der Waals surface area (Å²) < 4.78 is 0. The third-order valence-electron chi connectivity index (χ3n) is 4.43. The second-order valence-corrected chi connectivity index (χ2v) is 7.20. The summed E-state index contributed by atoms with van der Waals surface area (Å²) in [4.78, 5) is 12.3. The zero-order valence-electron chi connectivity index (χ0n) is 12.5. The lowest BCUT2D eigenvalue weighted by Crippen LogP contribution is -2.48. The molecule has 1 aromatic rings. The van der Waals surface area contributed by atoms with E-state index in [4.69, 9.17) is 0 Å². The number of rotatable bonds is 2. The molecule has 2 saturated heterocycles. The third kappa shape index (κ3) is 2.73. The van der Waals surface area contributed by atoms with E-state index < -0.39 is 0 Å². The van der Waals surface area contributed by atoms with Gasteiger partial charge in [-0.1, -0.05) is 20.8 Å². The molecule has 2 bridgehead atoms. The summed E-state index contributed by atoms with van der Waals surface area (Å²) >= 11 is 0. The number of nitrogens with zero attached hydrogens (tertiary/aromatic N) is 1. The van der Waals surface area contributed by atoms with E-state index in [9.17, 15) is 4.79 Å². The van der Waals surface area contributed by atoms with Gasteiger partial charge in [0.15, 0.2) is 0 Å². The number of amides is 1. The molecule has 3 N–H and O–H groups in total. The second-order valence-electron chi connectivity index (χ2n) is 7.20. The predicted molar refractivity (Wildman–Crippen MR) is 77.7 cm³/mol. The van der Waals surface area contributed by atoms with Crippen molar-refractivity contribution in [2.24, 2.45) is 0 Å². The number of carbonyl (C=O) groups is 1. The van der Waals surface area contributed by atoms with Crippen molar-refractivity contribution < 1.29 is 4.79 Å². The van der Waals surface area contributed by atoms with Crippen LogP contribution in [0.4, 0.5) is 0 Å². The quantitative estimate of drug-likeness (QED) is 0.770. The Labute approximate surface area is 119 Å². The molecule has 110 valence electrons. The van der Waals surface area contributed by atoms with Gasteiger partial charge in [0.05, 0.1) is 0 Å². The van der Waals surface area contributed by atoms with Crippen LogP contribution in [-0.4, -0.2) is 34.2 Å². The van der Waals surface area contributed by atoms with E-state index in [0.29, 0.717) is 17.8 Å². The molecule has 2 aliphatic rings. The van der Waals surface area contributed by atoms with Crippen molar-refractivity contribution in [1.82, 2.24) is 20.8 Å². The molecule has 0 radical (unpaired) electrons. The molecule has 0 aliphatic carbocycles. The van der Waals surface area contributed by atoms with Crippen molar-refractivity contribution >= 4 is 5.91 Å². The number of fused-ring (bicyclic) bond motifs is 2. The largest absolute Gasteiger partial charge is 0.348 e. The summed E-state index contributed by atoms with van der Waals surface area (Å²) in [7, 11) is 0. The van der Waals surface area contributed by atoms with Crippen molar-refractivity contribution in [2.45, 2.75) is 70.0 Å². The van der Waals surface area contributed by atoms with Crippen LogP contribution < -0.4 is 10.6 Å². The van der Waals surface area contributed by atoms with E-state index in [1.807, 2.05) is 6.07 Å². The number of carbonyl (C=O) groups excluding carboxylic acids is 1. The highest BCUT2D eigenvalue weighted by Gasteiger charge is 2.34. The van der Waals surface area contributed by atoms with Crippen LogP contribution in [0.2, 0.25) is 0 Å². The fourth-order valence-corrected chi connectivity index (χ4v) is 3.26. The lowest BCUT2D eigenvalue weighted by atomic mass is 9.92. The first-order valence-corrected chi connectivity index (χ1v) is 7.54. The lowest BCUT2D eigenvalue weighted by molar-refractivity contribution is 0.0919. The van der Waals surface area contributed by atoms with Crippen LogP contribution in [0.5, 0.6) is 0 Å². The molecule has 0 spiro atoms. The topological polar surface area (TPSA) is 69.8 Å². The minimum atomic E-state index is -0.0527. The second kappa shape index (κ2) is 4.88. The smallest absolute Gasteiger partial charge is 0.271 e. The zero-order valence-corrected chi connectivity index (χ0v) is 12.5. The Kier molecular flexibility index (Phi) is 3.32. The fraction of sp³-hybridized carbons (Fsp3) is 0.733. The van der Waals surface area contributed by atoms with Gasteiger partial charge in [-0.25, -0.2) is 0 Å². The van der Waals surface area contributed by atoms with Gasteiger partial charge < -0.3 is 10.6 Å². The third-order valence-corrected chi connectivity index (χ3v) is 4.43. The molecule has 2 unspecified atom stereocenters. The van der Waals surface area contributed by atoms with E-state index in [-0.39, 0.29) is 17.4 Å². The molecule has 3 rings (SSSR count). The van der Waals surface area contributed by atoms with Gasteiger partial charge in [-0.2, -0.15) is 5.10 Å². The number of hydrogen-bond acceptors (Lipinski definition) is 3. The first-order chi connectivity index (χ1) is 9.41. The molecule has 0 aromatic carbocycles. The molecular weight excluding hydrogens is 252 g/mol. The molecule has 0 saturated carbocycles.